The van der Waals surface area contributed by atoms with E-state index in [1.165, 1.54) is 0 Å². The molecule has 0 bridgehead atoms. The van der Waals surface area contributed by atoms with Crippen molar-refractivity contribution in [2.45, 2.75) is 12.8 Å². The maximum Gasteiger partial charge on any atom is 0.253 e. The lowest BCUT2D eigenvalue weighted by Crippen LogP contribution is -2.65. The molecule has 2 aromatic carbocycles. The summed E-state index contributed by atoms with van der Waals surface area (Å²) < 4.78 is 0. The van der Waals surface area contributed by atoms with Crippen LogP contribution in [0.15, 0.2) is 60.7 Å². The Labute approximate surface area is 141 Å². The van der Waals surface area contributed by atoms with E-state index in [4.69, 9.17) is 0 Å². The van der Waals surface area contributed by atoms with Gasteiger partial charge in [0, 0.05) is 30.9 Å². The van der Waals surface area contributed by atoms with Gasteiger partial charge in [0.25, 0.3) is 5.91 Å². The second-order valence-corrected chi connectivity index (χ2v) is 6.67. The molecule has 1 spiro atoms. The van der Waals surface area contributed by atoms with Gasteiger partial charge in [0.1, 0.15) is 0 Å². The van der Waals surface area contributed by atoms with Crippen molar-refractivity contribution in [1.29, 1.82) is 0 Å². The fourth-order valence-electron chi connectivity index (χ4n) is 3.73. The van der Waals surface area contributed by atoms with Gasteiger partial charge in [-0.25, -0.2) is 0 Å². The van der Waals surface area contributed by atoms with E-state index in [0.717, 1.165) is 30.6 Å². The summed E-state index contributed by atoms with van der Waals surface area (Å²) in [6, 6.07) is 19.2. The van der Waals surface area contributed by atoms with Crippen molar-refractivity contribution in [3.63, 3.8) is 0 Å². The largest absolute Gasteiger partial charge is 0.339 e. The van der Waals surface area contributed by atoms with E-state index < -0.39 is 0 Å². The first-order valence-corrected chi connectivity index (χ1v) is 8.41. The molecule has 0 atom stereocenters. The van der Waals surface area contributed by atoms with Crippen LogP contribution in [0.25, 0.3) is 0 Å². The number of β-lactam (4-membered cyclic amide) rings is 1. The highest BCUT2D eigenvalue weighted by Gasteiger charge is 2.53. The fraction of sp³-hybridized carbons (Fsp3) is 0.300. The van der Waals surface area contributed by atoms with Gasteiger partial charge in [0.15, 0.2) is 0 Å². The summed E-state index contributed by atoms with van der Waals surface area (Å²) >= 11 is 0. The quantitative estimate of drug-likeness (QED) is 0.798. The predicted octanol–water partition coefficient (Wildman–Crippen LogP) is 2.96. The van der Waals surface area contributed by atoms with Gasteiger partial charge in [0.05, 0.1) is 5.41 Å². The molecule has 4 heteroatoms. The molecule has 4 rings (SSSR count). The summed E-state index contributed by atoms with van der Waals surface area (Å²) in [6.07, 6.45) is 1.52. The second kappa shape index (κ2) is 5.78. The normalized spacial score (nSPS) is 19.2. The number of amides is 2. The maximum atomic E-state index is 12.7. The average Bonchev–Trinajstić information content (AvgIpc) is 2.67. The minimum atomic E-state index is -0.261. The molecular weight excluding hydrogens is 300 g/mol. The van der Waals surface area contributed by atoms with E-state index in [9.17, 15) is 9.59 Å². The van der Waals surface area contributed by atoms with Crippen LogP contribution in [0.3, 0.4) is 0 Å². The van der Waals surface area contributed by atoms with Crippen LogP contribution in [-0.4, -0.2) is 36.3 Å². The Balaban J connectivity index is 1.40. The van der Waals surface area contributed by atoms with Gasteiger partial charge in [-0.2, -0.15) is 0 Å². The van der Waals surface area contributed by atoms with Crippen LogP contribution in [-0.2, 0) is 4.79 Å². The van der Waals surface area contributed by atoms with Gasteiger partial charge in [-0.1, -0.05) is 36.4 Å². The van der Waals surface area contributed by atoms with Crippen molar-refractivity contribution in [2.24, 2.45) is 5.41 Å². The summed E-state index contributed by atoms with van der Waals surface area (Å²) in [6.45, 7) is 2.08. The second-order valence-electron chi connectivity index (χ2n) is 6.67. The van der Waals surface area contributed by atoms with E-state index >= 15 is 0 Å². The molecule has 0 saturated carbocycles. The summed E-state index contributed by atoms with van der Waals surface area (Å²) in [5.41, 5.74) is 1.43. The molecule has 0 unspecified atom stereocenters. The van der Waals surface area contributed by atoms with Crippen LogP contribution < -0.4 is 4.90 Å². The van der Waals surface area contributed by atoms with Crippen LogP contribution in [0.4, 0.5) is 5.69 Å². The fourth-order valence-corrected chi connectivity index (χ4v) is 3.73. The first-order chi connectivity index (χ1) is 11.7. The van der Waals surface area contributed by atoms with Crippen LogP contribution in [0, 0.1) is 5.41 Å². The summed E-state index contributed by atoms with van der Waals surface area (Å²) in [4.78, 5) is 29.0. The molecular formula is C20H20N2O2. The first-order valence-electron chi connectivity index (χ1n) is 8.41. The van der Waals surface area contributed by atoms with Gasteiger partial charge >= 0.3 is 0 Å². The summed E-state index contributed by atoms with van der Waals surface area (Å²) in [5, 5.41) is 0. The molecule has 0 aliphatic carbocycles. The van der Waals surface area contributed by atoms with Gasteiger partial charge in [-0.15, -0.1) is 0 Å². The number of para-hydroxylation sites is 1. The molecule has 0 aromatic heterocycles. The first kappa shape index (κ1) is 14.9. The number of hydrogen-bond donors (Lipinski definition) is 0. The molecule has 4 nitrogen and oxygen atoms in total. The Hall–Kier alpha value is -2.62. The van der Waals surface area contributed by atoms with Crippen LogP contribution in [0.2, 0.25) is 0 Å². The highest BCUT2D eigenvalue weighted by atomic mass is 16.2. The number of nitrogens with zero attached hydrogens (tertiary/aromatic N) is 2. The number of carbonyl (C=O) groups excluding carboxylic acids is 2. The van der Waals surface area contributed by atoms with E-state index in [2.05, 4.69) is 0 Å². The van der Waals surface area contributed by atoms with Crippen molar-refractivity contribution >= 4 is 17.5 Å². The third-order valence-corrected chi connectivity index (χ3v) is 5.26. The minimum Gasteiger partial charge on any atom is -0.339 e. The van der Waals surface area contributed by atoms with Crippen LogP contribution in [0.1, 0.15) is 23.2 Å². The number of anilines is 1. The maximum absolute atomic E-state index is 12.7. The number of hydrogen-bond acceptors (Lipinski definition) is 2. The zero-order valence-corrected chi connectivity index (χ0v) is 13.5. The van der Waals surface area contributed by atoms with E-state index in [0.29, 0.717) is 13.1 Å². The summed E-state index contributed by atoms with van der Waals surface area (Å²) in [5.74, 6) is 0.276. The molecule has 122 valence electrons. The van der Waals surface area contributed by atoms with Crippen molar-refractivity contribution in [1.82, 2.24) is 4.90 Å². The molecule has 2 aromatic rings. The number of rotatable bonds is 2. The van der Waals surface area contributed by atoms with Gasteiger partial charge in [0.2, 0.25) is 5.91 Å². The standard InChI is InChI=1S/C20H20N2O2/c23-18(16-7-3-1-4-8-16)21-13-11-20(12-14-21)15-22(19(20)24)17-9-5-2-6-10-17/h1-10H,11-15H2. The van der Waals surface area contributed by atoms with Crippen molar-refractivity contribution in [3.8, 4) is 0 Å². The van der Waals surface area contributed by atoms with Crippen molar-refractivity contribution < 1.29 is 9.59 Å². The van der Waals surface area contributed by atoms with Gasteiger partial charge in [-0.3, -0.25) is 9.59 Å². The van der Waals surface area contributed by atoms with E-state index in [1.807, 2.05) is 70.5 Å². The van der Waals surface area contributed by atoms with E-state index in [1.54, 1.807) is 0 Å². The molecule has 0 radical (unpaired) electrons. The smallest absolute Gasteiger partial charge is 0.253 e. The lowest BCUT2D eigenvalue weighted by atomic mass is 9.70. The summed E-state index contributed by atoms with van der Waals surface area (Å²) in [7, 11) is 0. The molecule has 24 heavy (non-hydrogen) atoms. The third kappa shape index (κ3) is 2.39. The molecule has 2 aliphatic heterocycles. The van der Waals surface area contributed by atoms with Crippen molar-refractivity contribution in [3.05, 3.63) is 66.2 Å². The van der Waals surface area contributed by atoms with Crippen LogP contribution >= 0.6 is 0 Å². The number of likely N-dealkylation sites (tertiary alicyclic amines) is 1. The molecule has 2 heterocycles. The predicted molar refractivity (Wildman–Crippen MR) is 92.8 cm³/mol. The lowest BCUT2D eigenvalue weighted by Gasteiger charge is -2.52. The third-order valence-electron chi connectivity index (χ3n) is 5.26. The molecule has 2 aliphatic rings. The van der Waals surface area contributed by atoms with Crippen molar-refractivity contribution in [2.75, 3.05) is 24.5 Å². The molecule has 2 amide bonds. The number of carbonyl (C=O) groups is 2. The Kier molecular flexibility index (Phi) is 3.60. The molecule has 0 N–H and O–H groups in total. The minimum absolute atomic E-state index is 0.0668. The highest BCUT2D eigenvalue weighted by molar-refractivity contribution is 6.04. The number of benzene rings is 2. The lowest BCUT2D eigenvalue weighted by molar-refractivity contribution is -0.138. The van der Waals surface area contributed by atoms with Crippen LogP contribution in [0.5, 0.6) is 0 Å². The SMILES string of the molecule is O=C(c1ccccc1)N1CCC2(CC1)CN(c1ccccc1)C2=O. The van der Waals surface area contributed by atoms with E-state index in [-0.39, 0.29) is 17.2 Å². The Morgan fingerprint density at radius 2 is 1.46 bits per heavy atom. The van der Waals surface area contributed by atoms with Gasteiger partial charge < -0.3 is 9.80 Å². The Morgan fingerprint density at radius 3 is 2.04 bits per heavy atom. The topological polar surface area (TPSA) is 40.6 Å². The zero-order chi connectivity index (χ0) is 16.6. The Morgan fingerprint density at radius 1 is 0.875 bits per heavy atom. The number of piperidine rings is 1. The molecule has 2 fully saturated rings. The monoisotopic (exact) mass is 320 g/mol. The molecule has 2 saturated heterocycles. The zero-order valence-electron chi connectivity index (χ0n) is 13.5. The Bertz CT molecular complexity index is 750. The van der Waals surface area contributed by atoms with Gasteiger partial charge in [-0.05, 0) is 37.1 Å². The average molecular weight is 320 g/mol. The highest BCUT2D eigenvalue weighted by Crippen LogP contribution is 2.43.